The van der Waals surface area contributed by atoms with Gasteiger partial charge in [-0.1, -0.05) is 36.4 Å². The smallest absolute Gasteiger partial charge is 0.269 e. The van der Waals surface area contributed by atoms with Gasteiger partial charge in [0.05, 0.1) is 24.7 Å². The van der Waals surface area contributed by atoms with E-state index in [1.165, 1.54) is 23.3 Å². The molecule has 0 aromatic heterocycles. The first-order chi connectivity index (χ1) is 14.7. The van der Waals surface area contributed by atoms with Crippen molar-refractivity contribution < 1.29 is 9.66 Å². The third kappa shape index (κ3) is 8.08. The van der Waals surface area contributed by atoms with Gasteiger partial charge in [-0.25, -0.2) is 4.99 Å². The largest absolute Gasteiger partial charge is 0.379 e. The van der Waals surface area contributed by atoms with Crippen LogP contribution in [-0.4, -0.2) is 48.6 Å². The molecule has 0 amide bonds. The quantitative estimate of drug-likeness (QED) is 0.176. The van der Waals surface area contributed by atoms with Gasteiger partial charge in [-0.15, -0.1) is 24.0 Å². The summed E-state index contributed by atoms with van der Waals surface area (Å²) in [4.78, 5) is 17.4. The molecular weight excluding hydrogens is 509 g/mol. The fraction of sp³-hybridized carbons (Fsp3) is 0.409. The van der Waals surface area contributed by atoms with Crippen molar-refractivity contribution in [3.8, 4) is 0 Å². The summed E-state index contributed by atoms with van der Waals surface area (Å²) in [6.45, 7) is 8.31. The fourth-order valence-corrected chi connectivity index (χ4v) is 3.30. The highest BCUT2D eigenvalue weighted by Crippen LogP contribution is 2.14. The minimum Gasteiger partial charge on any atom is -0.379 e. The van der Waals surface area contributed by atoms with E-state index in [4.69, 9.17) is 4.74 Å². The van der Waals surface area contributed by atoms with Crippen LogP contribution in [0.15, 0.2) is 53.5 Å². The third-order valence-electron chi connectivity index (χ3n) is 4.97. The van der Waals surface area contributed by atoms with Crippen molar-refractivity contribution in [3.05, 3.63) is 75.3 Å². The first-order valence-corrected chi connectivity index (χ1v) is 10.3. The molecule has 1 heterocycles. The number of hydrogen-bond donors (Lipinski definition) is 2. The third-order valence-corrected chi connectivity index (χ3v) is 4.97. The number of benzene rings is 2. The lowest BCUT2D eigenvalue weighted by Crippen LogP contribution is -2.38. The van der Waals surface area contributed by atoms with Gasteiger partial charge >= 0.3 is 0 Å². The zero-order valence-corrected chi connectivity index (χ0v) is 20.1. The monoisotopic (exact) mass is 539 g/mol. The summed E-state index contributed by atoms with van der Waals surface area (Å²) in [7, 11) is 0. The van der Waals surface area contributed by atoms with Crippen LogP contribution in [0.1, 0.15) is 23.6 Å². The minimum absolute atomic E-state index is 0. The van der Waals surface area contributed by atoms with E-state index in [9.17, 15) is 10.1 Å². The second-order valence-corrected chi connectivity index (χ2v) is 7.13. The van der Waals surface area contributed by atoms with Crippen LogP contribution >= 0.6 is 24.0 Å². The van der Waals surface area contributed by atoms with Crippen molar-refractivity contribution in [2.75, 3.05) is 32.8 Å². The maximum atomic E-state index is 10.8. The molecule has 0 aliphatic carbocycles. The Bertz CT molecular complexity index is 854. The number of nitro groups is 1. The molecule has 3 rings (SSSR count). The van der Waals surface area contributed by atoms with Crippen LogP contribution < -0.4 is 10.6 Å². The normalized spacial score (nSPS) is 14.5. The number of ether oxygens (including phenoxy) is 1. The molecule has 0 atom stereocenters. The van der Waals surface area contributed by atoms with E-state index in [1.807, 2.05) is 6.92 Å². The molecule has 1 aliphatic rings. The van der Waals surface area contributed by atoms with Crippen LogP contribution in [0.5, 0.6) is 0 Å². The Kier molecular flexibility index (Phi) is 10.7. The zero-order chi connectivity index (χ0) is 21.2. The summed E-state index contributed by atoms with van der Waals surface area (Å²) < 4.78 is 5.44. The number of rotatable bonds is 8. The van der Waals surface area contributed by atoms with Crippen molar-refractivity contribution in [1.29, 1.82) is 0 Å². The SMILES string of the molecule is CCNC(=NCc1ccc([N+](=O)[O-])cc1)NCc1ccccc1CN1CCOCC1.I. The molecule has 2 N–H and O–H groups in total. The Morgan fingerprint density at radius 2 is 1.77 bits per heavy atom. The van der Waals surface area contributed by atoms with Crippen molar-refractivity contribution in [2.45, 2.75) is 26.6 Å². The molecule has 168 valence electrons. The summed E-state index contributed by atoms with van der Waals surface area (Å²) in [5.74, 6) is 0.719. The van der Waals surface area contributed by atoms with Crippen molar-refractivity contribution >= 4 is 35.6 Å². The second-order valence-electron chi connectivity index (χ2n) is 7.13. The summed E-state index contributed by atoms with van der Waals surface area (Å²) in [5.41, 5.74) is 3.55. The van der Waals surface area contributed by atoms with Crippen LogP contribution in [-0.2, 0) is 24.4 Å². The first kappa shape index (κ1) is 25.0. The first-order valence-electron chi connectivity index (χ1n) is 10.3. The van der Waals surface area contributed by atoms with Crippen molar-refractivity contribution in [3.63, 3.8) is 0 Å². The Morgan fingerprint density at radius 1 is 1.10 bits per heavy atom. The molecule has 8 nitrogen and oxygen atoms in total. The standard InChI is InChI=1S/C22H29N5O3.HI/c1-2-23-22(24-15-18-7-9-21(10-8-18)27(28)29)25-16-19-5-3-4-6-20(19)17-26-11-13-30-14-12-26;/h3-10H,2,11-17H2,1H3,(H2,23,24,25);1H. The van der Waals surface area contributed by atoms with E-state index in [-0.39, 0.29) is 29.7 Å². The molecule has 0 radical (unpaired) electrons. The summed E-state index contributed by atoms with van der Waals surface area (Å²) in [6.07, 6.45) is 0. The van der Waals surface area contributed by atoms with Crippen LogP contribution in [0.3, 0.4) is 0 Å². The van der Waals surface area contributed by atoms with E-state index in [0.29, 0.717) is 13.1 Å². The average molecular weight is 539 g/mol. The number of nitro benzene ring substituents is 1. The Labute approximate surface area is 200 Å². The number of guanidine groups is 1. The minimum atomic E-state index is -0.396. The summed E-state index contributed by atoms with van der Waals surface area (Å²) in [6, 6.07) is 14.9. The molecule has 0 saturated carbocycles. The lowest BCUT2D eigenvalue weighted by atomic mass is 10.1. The van der Waals surface area contributed by atoms with Gasteiger partial charge in [0.1, 0.15) is 0 Å². The predicted octanol–water partition coefficient (Wildman–Crippen LogP) is 3.30. The average Bonchev–Trinajstić information content (AvgIpc) is 2.77. The molecule has 31 heavy (non-hydrogen) atoms. The van der Waals surface area contributed by atoms with Gasteiger partial charge in [0.15, 0.2) is 5.96 Å². The topological polar surface area (TPSA) is 92.0 Å². The van der Waals surface area contributed by atoms with E-state index in [1.54, 1.807) is 12.1 Å². The molecule has 1 aliphatic heterocycles. The zero-order valence-electron chi connectivity index (χ0n) is 17.8. The van der Waals surface area contributed by atoms with Crippen LogP contribution in [0.4, 0.5) is 5.69 Å². The van der Waals surface area contributed by atoms with Gasteiger partial charge < -0.3 is 15.4 Å². The number of halogens is 1. The Balaban J connectivity index is 0.00000341. The Morgan fingerprint density at radius 3 is 2.42 bits per heavy atom. The summed E-state index contributed by atoms with van der Waals surface area (Å²) in [5, 5.41) is 17.4. The second kappa shape index (κ2) is 13.2. The number of aliphatic imine (C=N–C) groups is 1. The lowest BCUT2D eigenvalue weighted by molar-refractivity contribution is -0.384. The summed E-state index contributed by atoms with van der Waals surface area (Å²) >= 11 is 0. The molecule has 0 spiro atoms. The lowest BCUT2D eigenvalue weighted by Gasteiger charge is -2.27. The van der Waals surface area contributed by atoms with E-state index in [0.717, 1.165) is 50.9 Å². The molecule has 2 aromatic carbocycles. The highest BCUT2D eigenvalue weighted by Gasteiger charge is 2.13. The Hall–Kier alpha value is -2.24. The highest BCUT2D eigenvalue weighted by molar-refractivity contribution is 14.0. The number of morpholine rings is 1. The van der Waals surface area contributed by atoms with Crippen LogP contribution in [0, 0.1) is 10.1 Å². The molecule has 1 fully saturated rings. The molecular formula is C22H30IN5O3. The van der Waals surface area contributed by atoms with Crippen LogP contribution in [0.2, 0.25) is 0 Å². The molecule has 1 saturated heterocycles. The molecule has 2 aromatic rings. The van der Waals surface area contributed by atoms with E-state index >= 15 is 0 Å². The molecule has 0 bridgehead atoms. The van der Waals surface area contributed by atoms with E-state index < -0.39 is 4.92 Å². The highest BCUT2D eigenvalue weighted by atomic mass is 127. The maximum Gasteiger partial charge on any atom is 0.269 e. The number of non-ortho nitro benzene ring substituents is 1. The van der Waals surface area contributed by atoms with Gasteiger partial charge in [-0.05, 0) is 23.6 Å². The van der Waals surface area contributed by atoms with Crippen molar-refractivity contribution in [1.82, 2.24) is 15.5 Å². The fourth-order valence-electron chi connectivity index (χ4n) is 3.30. The van der Waals surface area contributed by atoms with Gasteiger partial charge in [0, 0.05) is 44.9 Å². The van der Waals surface area contributed by atoms with Crippen LogP contribution in [0.25, 0.3) is 0 Å². The molecule has 9 heteroatoms. The van der Waals surface area contributed by atoms with Gasteiger partial charge in [-0.3, -0.25) is 15.0 Å². The predicted molar refractivity (Wildman–Crippen MR) is 133 cm³/mol. The maximum absolute atomic E-state index is 10.8. The van der Waals surface area contributed by atoms with Gasteiger partial charge in [0.2, 0.25) is 0 Å². The molecule has 0 unspecified atom stereocenters. The van der Waals surface area contributed by atoms with E-state index in [2.05, 4.69) is 44.8 Å². The van der Waals surface area contributed by atoms with Gasteiger partial charge in [0.25, 0.3) is 5.69 Å². The van der Waals surface area contributed by atoms with Crippen molar-refractivity contribution in [2.24, 2.45) is 4.99 Å². The number of nitrogens with one attached hydrogen (secondary N) is 2. The van der Waals surface area contributed by atoms with Gasteiger partial charge in [-0.2, -0.15) is 0 Å². The number of hydrogen-bond acceptors (Lipinski definition) is 5. The number of nitrogens with zero attached hydrogens (tertiary/aromatic N) is 3.